The zero-order chi connectivity index (χ0) is 25.2. The van der Waals surface area contributed by atoms with Crippen LogP contribution in [0, 0.1) is 11.3 Å². The summed E-state index contributed by atoms with van der Waals surface area (Å²) in [7, 11) is 1.62. The molecule has 7 nitrogen and oxygen atoms in total. The molecular formula is C28H36N2O5. The Labute approximate surface area is 207 Å². The van der Waals surface area contributed by atoms with E-state index in [2.05, 4.69) is 19.2 Å². The number of nitrogens with two attached hydrogens (primary N) is 1. The number of benzene rings is 2. The van der Waals surface area contributed by atoms with E-state index in [-0.39, 0.29) is 36.4 Å². The minimum Gasteiger partial charge on any atom is -0.496 e. The number of methoxy groups -OCH3 is 1. The Bertz CT molecular complexity index is 1140. The van der Waals surface area contributed by atoms with Gasteiger partial charge in [0.2, 0.25) is 0 Å². The van der Waals surface area contributed by atoms with Gasteiger partial charge in [-0.3, -0.25) is 9.59 Å². The van der Waals surface area contributed by atoms with Gasteiger partial charge in [-0.15, -0.1) is 0 Å². The highest BCUT2D eigenvalue weighted by atomic mass is 16.5. The standard InChI is InChI=1S/C28H36N2O5/c1-5-35-27(32)25-20(16-34-13-12-29)30-19-14-28(2,3)15-21(31)24(19)26(25)23-18-9-7-6-8-17(18)10-11-22(23)33-4/h6-11,20,25-26,30H,5,12-16,29H2,1-4H3. The number of carbonyl (C=O) groups excluding carboxylic acids is 2. The smallest absolute Gasteiger partial charge is 0.312 e. The van der Waals surface area contributed by atoms with Crippen LogP contribution in [0.15, 0.2) is 47.7 Å². The molecule has 0 fully saturated rings. The zero-order valence-electron chi connectivity index (χ0n) is 21.1. The number of hydrogen-bond donors (Lipinski definition) is 2. The molecule has 3 unspecified atom stereocenters. The highest BCUT2D eigenvalue weighted by molar-refractivity contribution is 6.02. The van der Waals surface area contributed by atoms with E-state index in [1.807, 2.05) is 36.4 Å². The van der Waals surface area contributed by atoms with Crippen molar-refractivity contribution in [2.75, 3.05) is 33.5 Å². The summed E-state index contributed by atoms with van der Waals surface area (Å²) < 4.78 is 17.2. The molecule has 3 N–H and O–H groups in total. The summed E-state index contributed by atoms with van der Waals surface area (Å²) in [5.74, 6) is -0.848. The molecule has 2 aliphatic rings. The summed E-state index contributed by atoms with van der Waals surface area (Å²) in [6.45, 7) is 7.28. The number of carbonyl (C=O) groups is 2. The van der Waals surface area contributed by atoms with Crippen molar-refractivity contribution in [1.82, 2.24) is 5.32 Å². The van der Waals surface area contributed by atoms with E-state index in [4.69, 9.17) is 19.9 Å². The first-order chi connectivity index (χ1) is 16.8. The number of fused-ring (bicyclic) bond motifs is 1. The summed E-state index contributed by atoms with van der Waals surface area (Å²) in [5.41, 5.74) is 7.86. The lowest BCUT2D eigenvalue weighted by Crippen LogP contribution is -2.53. The van der Waals surface area contributed by atoms with E-state index >= 15 is 0 Å². The molecule has 7 heteroatoms. The van der Waals surface area contributed by atoms with E-state index in [1.165, 1.54) is 0 Å². The van der Waals surface area contributed by atoms with Gasteiger partial charge in [0.15, 0.2) is 5.78 Å². The molecule has 0 saturated carbocycles. The lowest BCUT2D eigenvalue weighted by molar-refractivity contribution is -0.150. The lowest BCUT2D eigenvalue weighted by atomic mass is 9.64. The number of ketones is 1. The first kappa shape index (κ1) is 25.2. The van der Waals surface area contributed by atoms with Crippen LogP contribution >= 0.6 is 0 Å². The van der Waals surface area contributed by atoms with Gasteiger partial charge in [0.1, 0.15) is 5.75 Å². The predicted molar refractivity (Wildman–Crippen MR) is 135 cm³/mol. The largest absolute Gasteiger partial charge is 0.496 e. The first-order valence-electron chi connectivity index (χ1n) is 12.3. The van der Waals surface area contributed by atoms with Gasteiger partial charge in [-0.1, -0.05) is 44.2 Å². The molecule has 1 aliphatic carbocycles. The fourth-order valence-corrected chi connectivity index (χ4v) is 5.63. The van der Waals surface area contributed by atoms with Gasteiger partial charge < -0.3 is 25.3 Å². The Morgan fingerprint density at radius 3 is 2.66 bits per heavy atom. The van der Waals surface area contributed by atoms with Crippen LogP contribution in [0.3, 0.4) is 0 Å². The van der Waals surface area contributed by atoms with Crippen molar-refractivity contribution in [3.63, 3.8) is 0 Å². The van der Waals surface area contributed by atoms with Crippen molar-refractivity contribution in [2.45, 2.75) is 45.6 Å². The number of ether oxygens (including phenoxy) is 3. The summed E-state index contributed by atoms with van der Waals surface area (Å²) in [6, 6.07) is 11.5. The SMILES string of the molecule is CCOC(=O)C1C(COCCN)NC2=C(C(=O)CC(C)(C)C2)C1c1c(OC)ccc2ccccc12. The second-order valence-corrected chi connectivity index (χ2v) is 10.1. The molecule has 0 saturated heterocycles. The van der Waals surface area contributed by atoms with E-state index in [1.54, 1.807) is 14.0 Å². The molecule has 0 spiro atoms. The number of nitrogens with one attached hydrogen (secondary N) is 1. The van der Waals surface area contributed by atoms with Crippen molar-refractivity contribution in [3.8, 4) is 5.75 Å². The topological polar surface area (TPSA) is 99.9 Å². The maximum Gasteiger partial charge on any atom is 0.312 e. The van der Waals surface area contributed by atoms with E-state index < -0.39 is 11.8 Å². The van der Waals surface area contributed by atoms with Gasteiger partial charge in [-0.2, -0.15) is 0 Å². The molecule has 4 rings (SSSR count). The van der Waals surface area contributed by atoms with Crippen molar-refractivity contribution in [3.05, 3.63) is 53.2 Å². The Kier molecular flexibility index (Phi) is 7.47. The molecule has 188 valence electrons. The average Bonchev–Trinajstić information content (AvgIpc) is 2.82. The number of Topliss-reactive ketones (excluding diaryl/α,β-unsaturated/α-hetero) is 1. The molecule has 2 aromatic rings. The third-order valence-corrected chi connectivity index (χ3v) is 6.96. The lowest BCUT2D eigenvalue weighted by Gasteiger charge is -2.45. The maximum atomic E-state index is 13.7. The minimum absolute atomic E-state index is 0.0550. The van der Waals surface area contributed by atoms with Crippen LogP contribution in [0.5, 0.6) is 5.75 Å². The second-order valence-electron chi connectivity index (χ2n) is 10.1. The Hall–Kier alpha value is -2.90. The number of esters is 1. The van der Waals surface area contributed by atoms with Crippen LogP contribution < -0.4 is 15.8 Å². The molecule has 35 heavy (non-hydrogen) atoms. The normalized spacial score (nSPS) is 23.6. The third-order valence-electron chi connectivity index (χ3n) is 6.96. The predicted octanol–water partition coefficient (Wildman–Crippen LogP) is 3.70. The second kappa shape index (κ2) is 10.4. The molecule has 1 aliphatic heterocycles. The zero-order valence-corrected chi connectivity index (χ0v) is 21.1. The van der Waals surface area contributed by atoms with Gasteiger partial charge in [0.25, 0.3) is 0 Å². The number of rotatable bonds is 8. The van der Waals surface area contributed by atoms with Crippen LogP contribution in [-0.2, 0) is 19.1 Å². The third kappa shape index (κ3) is 4.93. The average molecular weight is 481 g/mol. The van der Waals surface area contributed by atoms with Crippen LogP contribution in [0.25, 0.3) is 10.8 Å². The van der Waals surface area contributed by atoms with Crippen molar-refractivity contribution in [2.24, 2.45) is 17.1 Å². The fourth-order valence-electron chi connectivity index (χ4n) is 5.63. The summed E-state index contributed by atoms with van der Waals surface area (Å²) in [6.07, 6.45) is 1.13. The molecular weight excluding hydrogens is 444 g/mol. The monoisotopic (exact) mass is 480 g/mol. The van der Waals surface area contributed by atoms with Crippen LogP contribution in [0.1, 0.15) is 45.1 Å². The van der Waals surface area contributed by atoms with Crippen LogP contribution in [0.2, 0.25) is 0 Å². The molecule has 0 radical (unpaired) electrons. The molecule has 0 bridgehead atoms. The number of hydrogen-bond acceptors (Lipinski definition) is 7. The minimum atomic E-state index is -0.670. The molecule has 3 atom stereocenters. The van der Waals surface area contributed by atoms with E-state index in [9.17, 15) is 9.59 Å². The Balaban J connectivity index is 1.98. The summed E-state index contributed by atoms with van der Waals surface area (Å²) >= 11 is 0. The highest BCUT2D eigenvalue weighted by Gasteiger charge is 2.50. The summed E-state index contributed by atoms with van der Waals surface area (Å²) in [4.78, 5) is 27.3. The summed E-state index contributed by atoms with van der Waals surface area (Å²) in [5, 5.41) is 5.50. The molecule has 2 aromatic carbocycles. The van der Waals surface area contributed by atoms with E-state index in [0.717, 1.165) is 22.0 Å². The molecule has 0 amide bonds. The van der Waals surface area contributed by atoms with Crippen molar-refractivity contribution < 1.29 is 23.8 Å². The maximum absolute atomic E-state index is 13.7. The van der Waals surface area contributed by atoms with Crippen molar-refractivity contribution in [1.29, 1.82) is 0 Å². The van der Waals surface area contributed by atoms with E-state index in [0.29, 0.717) is 37.3 Å². The van der Waals surface area contributed by atoms with Crippen molar-refractivity contribution >= 4 is 22.5 Å². The van der Waals surface area contributed by atoms with Gasteiger partial charge >= 0.3 is 5.97 Å². The van der Waals surface area contributed by atoms with Gasteiger partial charge in [0.05, 0.1) is 38.9 Å². The van der Waals surface area contributed by atoms with Gasteiger partial charge in [-0.25, -0.2) is 0 Å². The fraction of sp³-hybridized carbons (Fsp3) is 0.500. The first-order valence-corrected chi connectivity index (χ1v) is 12.3. The highest BCUT2D eigenvalue weighted by Crippen LogP contribution is 2.51. The Morgan fingerprint density at radius 2 is 1.94 bits per heavy atom. The Morgan fingerprint density at radius 1 is 1.17 bits per heavy atom. The molecule has 1 heterocycles. The van der Waals surface area contributed by atoms with Crippen LogP contribution in [-0.4, -0.2) is 51.3 Å². The van der Waals surface area contributed by atoms with Gasteiger partial charge in [-0.05, 0) is 35.6 Å². The van der Waals surface area contributed by atoms with Crippen LogP contribution in [0.4, 0.5) is 0 Å². The quantitative estimate of drug-likeness (QED) is 0.439. The van der Waals surface area contributed by atoms with Gasteiger partial charge in [0, 0.05) is 35.7 Å². The molecule has 0 aromatic heterocycles. The number of allylic oxidation sites excluding steroid dienone is 2.